The van der Waals surface area contributed by atoms with Gasteiger partial charge in [0.25, 0.3) is 0 Å². The van der Waals surface area contributed by atoms with Crippen molar-refractivity contribution in [2.45, 2.75) is 18.2 Å². The number of amides is 2. The molecule has 0 spiro atoms. The van der Waals surface area contributed by atoms with E-state index in [9.17, 15) is 18.0 Å². The van der Waals surface area contributed by atoms with Crippen molar-refractivity contribution in [3.63, 3.8) is 0 Å². The van der Waals surface area contributed by atoms with Gasteiger partial charge < -0.3 is 15.4 Å². The van der Waals surface area contributed by atoms with E-state index in [0.29, 0.717) is 26.2 Å². The molecule has 25 heavy (non-hydrogen) atoms. The van der Waals surface area contributed by atoms with Crippen molar-refractivity contribution in [3.05, 3.63) is 23.2 Å². The molecule has 2 N–H and O–H groups in total. The minimum Gasteiger partial charge on any atom is -0.379 e. The fourth-order valence-electron chi connectivity index (χ4n) is 2.19. The molecule has 1 aromatic carbocycles. The lowest BCUT2D eigenvalue weighted by atomic mass is 10.3. The van der Waals surface area contributed by atoms with E-state index in [2.05, 4.69) is 10.6 Å². The highest BCUT2D eigenvalue weighted by atomic mass is 35.5. The number of sulfonamides is 1. The minimum absolute atomic E-state index is 0.0110. The van der Waals surface area contributed by atoms with Crippen LogP contribution in [0.25, 0.3) is 0 Å². The second-order valence-corrected chi connectivity index (χ2v) is 7.71. The molecule has 0 radical (unpaired) electrons. The number of carbonyl (C=O) groups is 2. The molecule has 10 heteroatoms. The first kappa shape index (κ1) is 19.6. The predicted octanol–water partition coefficient (Wildman–Crippen LogP) is 0.826. The lowest BCUT2D eigenvalue weighted by Crippen LogP contribution is -2.40. The average Bonchev–Trinajstić information content (AvgIpc) is 2.62. The topological polar surface area (TPSA) is 105 Å². The van der Waals surface area contributed by atoms with Gasteiger partial charge >= 0.3 is 11.8 Å². The summed E-state index contributed by atoms with van der Waals surface area (Å²) in [4.78, 5) is 23.5. The number of nitrogens with zero attached hydrogens (tertiary/aromatic N) is 1. The standard InChI is InChI=1S/C15H20ClN3O5S/c1-2-5-17-14(20)15(21)18-13-10-11(3-4-12(13)16)25(22,23)19-6-8-24-9-7-19/h3-4,10H,2,5-9H2,1H3,(H,17,20)(H,18,21). The van der Waals surface area contributed by atoms with Crippen molar-refractivity contribution in [1.29, 1.82) is 0 Å². The largest absolute Gasteiger partial charge is 0.379 e. The number of anilines is 1. The number of morpholine rings is 1. The summed E-state index contributed by atoms with van der Waals surface area (Å²) < 4.78 is 31.8. The fraction of sp³-hybridized carbons (Fsp3) is 0.467. The number of hydrogen-bond donors (Lipinski definition) is 2. The molecule has 1 fully saturated rings. The zero-order valence-corrected chi connectivity index (χ0v) is 15.3. The highest BCUT2D eigenvalue weighted by Crippen LogP contribution is 2.27. The second kappa shape index (κ2) is 8.61. The van der Waals surface area contributed by atoms with Crippen LogP contribution in [-0.4, -0.2) is 57.4 Å². The maximum Gasteiger partial charge on any atom is 0.313 e. The molecule has 0 aromatic heterocycles. The Morgan fingerprint density at radius 1 is 1.24 bits per heavy atom. The Bertz CT molecular complexity index is 748. The first-order valence-corrected chi connectivity index (χ1v) is 9.64. The maximum absolute atomic E-state index is 12.6. The smallest absolute Gasteiger partial charge is 0.313 e. The molecule has 2 rings (SSSR count). The minimum atomic E-state index is -3.73. The number of nitrogens with one attached hydrogen (secondary N) is 2. The molecule has 1 aliphatic heterocycles. The van der Waals surface area contributed by atoms with Crippen molar-refractivity contribution < 1.29 is 22.7 Å². The van der Waals surface area contributed by atoms with Crippen LogP contribution in [0.4, 0.5) is 5.69 Å². The normalized spacial score (nSPS) is 15.6. The van der Waals surface area contributed by atoms with Crippen LogP contribution in [0.1, 0.15) is 13.3 Å². The highest BCUT2D eigenvalue weighted by Gasteiger charge is 2.27. The summed E-state index contributed by atoms with van der Waals surface area (Å²) in [5.74, 6) is -1.71. The lowest BCUT2D eigenvalue weighted by Gasteiger charge is -2.26. The molecular weight excluding hydrogens is 370 g/mol. The van der Waals surface area contributed by atoms with E-state index < -0.39 is 21.8 Å². The van der Waals surface area contributed by atoms with E-state index in [4.69, 9.17) is 16.3 Å². The number of ether oxygens (including phenoxy) is 1. The van der Waals surface area contributed by atoms with Gasteiger partial charge in [0.1, 0.15) is 0 Å². The van der Waals surface area contributed by atoms with Gasteiger partial charge in [0.05, 0.1) is 28.8 Å². The molecule has 2 amide bonds. The Hall–Kier alpha value is -1.68. The van der Waals surface area contributed by atoms with Crippen LogP contribution >= 0.6 is 11.6 Å². The Morgan fingerprint density at radius 2 is 1.92 bits per heavy atom. The van der Waals surface area contributed by atoms with E-state index in [1.54, 1.807) is 0 Å². The Labute approximate surface area is 151 Å². The van der Waals surface area contributed by atoms with E-state index in [1.165, 1.54) is 22.5 Å². The quantitative estimate of drug-likeness (QED) is 0.725. The average molecular weight is 390 g/mol. The summed E-state index contributed by atoms with van der Waals surface area (Å²) in [6, 6.07) is 3.98. The van der Waals surface area contributed by atoms with Gasteiger partial charge in [0.15, 0.2) is 0 Å². The SMILES string of the molecule is CCCNC(=O)C(=O)Nc1cc(S(=O)(=O)N2CCOCC2)ccc1Cl. The van der Waals surface area contributed by atoms with Crippen LogP contribution in [0.2, 0.25) is 5.02 Å². The van der Waals surface area contributed by atoms with E-state index >= 15 is 0 Å². The van der Waals surface area contributed by atoms with E-state index in [0.717, 1.165) is 0 Å². The Morgan fingerprint density at radius 3 is 2.56 bits per heavy atom. The molecule has 1 saturated heterocycles. The molecule has 0 aliphatic carbocycles. The van der Waals surface area contributed by atoms with Crippen LogP contribution in [0.3, 0.4) is 0 Å². The van der Waals surface area contributed by atoms with Gasteiger partial charge in [0, 0.05) is 19.6 Å². The monoisotopic (exact) mass is 389 g/mol. The van der Waals surface area contributed by atoms with Crippen LogP contribution in [0, 0.1) is 0 Å². The van der Waals surface area contributed by atoms with Gasteiger partial charge in [-0.25, -0.2) is 8.42 Å². The summed E-state index contributed by atoms with van der Waals surface area (Å²) in [6.07, 6.45) is 0.688. The summed E-state index contributed by atoms with van der Waals surface area (Å²) in [6.45, 7) is 3.39. The fourth-order valence-corrected chi connectivity index (χ4v) is 3.79. The van der Waals surface area contributed by atoms with E-state index in [1.807, 2.05) is 6.92 Å². The van der Waals surface area contributed by atoms with Crippen LogP contribution in [0.15, 0.2) is 23.1 Å². The van der Waals surface area contributed by atoms with Gasteiger partial charge in [-0.15, -0.1) is 0 Å². The molecule has 0 bridgehead atoms. The molecule has 0 unspecified atom stereocenters. The van der Waals surface area contributed by atoms with Crippen LogP contribution in [0.5, 0.6) is 0 Å². The van der Waals surface area contributed by atoms with Crippen LogP contribution < -0.4 is 10.6 Å². The molecule has 138 valence electrons. The highest BCUT2D eigenvalue weighted by molar-refractivity contribution is 7.89. The summed E-state index contributed by atoms with van der Waals surface area (Å²) in [5.41, 5.74) is 0.0626. The van der Waals surface area contributed by atoms with Crippen LogP contribution in [-0.2, 0) is 24.3 Å². The first-order valence-electron chi connectivity index (χ1n) is 7.83. The number of rotatable bonds is 5. The zero-order valence-electron chi connectivity index (χ0n) is 13.7. The number of hydrogen-bond acceptors (Lipinski definition) is 5. The first-order chi connectivity index (χ1) is 11.9. The number of benzene rings is 1. The molecule has 8 nitrogen and oxygen atoms in total. The van der Waals surface area contributed by atoms with E-state index in [-0.39, 0.29) is 28.7 Å². The van der Waals surface area contributed by atoms with Gasteiger partial charge in [-0.05, 0) is 24.6 Å². The molecule has 1 aliphatic rings. The third-order valence-electron chi connectivity index (χ3n) is 3.54. The van der Waals surface area contributed by atoms with Crippen molar-refractivity contribution in [3.8, 4) is 0 Å². The van der Waals surface area contributed by atoms with Gasteiger partial charge in [-0.1, -0.05) is 18.5 Å². The summed E-state index contributed by atoms with van der Waals surface area (Å²) in [5, 5.41) is 4.91. The third kappa shape index (κ3) is 4.91. The predicted molar refractivity (Wildman–Crippen MR) is 93.0 cm³/mol. The Balaban J connectivity index is 2.19. The van der Waals surface area contributed by atoms with Crippen molar-refractivity contribution in [2.75, 3.05) is 38.2 Å². The van der Waals surface area contributed by atoms with Gasteiger partial charge in [0.2, 0.25) is 10.0 Å². The molecule has 1 heterocycles. The number of carbonyl (C=O) groups excluding carboxylic acids is 2. The maximum atomic E-state index is 12.6. The molecule has 0 saturated carbocycles. The van der Waals surface area contributed by atoms with Crippen molar-refractivity contribution >= 4 is 39.1 Å². The molecule has 1 aromatic rings. The number of halogens is 1. The van der Waals surface area contributed by atoms with Crippen molar-refractivity contribution in [2.24, 2.45) is 0 Å². The van der Waals surface area contributed by atoms with Gasteiger partial charge in [-0.3, -0.25) is 9.59 Å². The molecular formula is C15H20ClN3O5S. The summed E-state index contributed by atoms with van der Waals surface area (Å²) >= 11 is 6.01. The Kier molecular flexibility index (Phi) is 6.77. The van der Waals surface area contributed by atoms with Gasteiger partial charge in [-0.2, -0.15) is 4.31 Å². The lowest BCUT2D eigenvalue weighted by molar-refractivity contribution is -0.136. The second-order valence-electron chi connectivity index (χ2n) is 5.37. The summed E-state index contributed by atoms with van der Waals surface area (Å²) in [7, 11) is -3.73. The molecule has 0 atom stereocenters. The third-order valence-corrected chi connectivity index (χ3v) is 5.76. The zero-order chi connectivity index (χ0) is 18.4. The van der Waals surface area contributed by atoms with Crippen molar-refractivity contribution in [1.82, 2.24) is 9.62 Å².